The van der Waals surface area contributed by atoms with Crippen molar-refractivity contribution in [2.45, 2.75) is 58.3 Å². The Bertz CT molecular complexity index is 503. The van der Waals surface area contributed by atoms with Crippen molar-refractivity contribution < 1.29 is 55.1 Å². The summed E-state index contributed by atoms with van der Waals surface area (Å²) in [7, 11) is 0. The van der Waals surface area contributed by atoms with Crippen molar-refractivity contribution in [2.24, 2.45) is 0 Å². The summed E-state index contributed by atoms with van der Waals surface area (Å²) in [5.41, 5.74) is 0. The Kier molecular flexibility index (Phi) is 6.72. The minimum atomic E-state index is -3.26. The first-order chi connectivity index (χ1) is 11.8. The zero-order valence-corrected chi connectivity index (χ0v) is 15.2. The smallest absolute Gasteiger partial charge is 0.295 e. The van der Waals surface area contributed by atoms with E-state index in [1.807, 2.05) is 0 Å². The van der Waals surface area contributed by atoms with Gasteiger partial charge in [-0.15, -0.1) is 0 Å². The van der Waals surface area contributed by atoms with Gasteiger partial charge in [-0.1, -0.05) is 34.8 Å². The molecular weight excluding hydrogens is 426 g/mol. The molecule has 2 heterocycles. The van der Waals surface area contributed by atoms with Gasteiger partial charge < -0.3 is 55.1 Å². The standard InChI is InChI=1S/C12H19Cl3O11/c13-10(21)8(4(2-17)26-12(15,23)11(10,14)22)25-9-7(20)6(19)5(18)3(1-16)24-9/h3-9,16-23H,1-2H2/t3-,4-,5+,6+,7-,8-,9+,10+,11-,12?/m1/s1. The molecule has 0 aromatic heterocycles. The van der Waals surface area contributed by atoms with E-state index >= 15 is 0 Å². The van der Waals surface area contributed by atoms with E-state index in [1.54, 1.807) is 0 Å². The van der Waals surface area contributed by atoms with Gasteiger partial charge in [-0.05, 0) is 0 Å². The van der Waals surface area contributed by atoms with Crippen LogP contribution >= 0.6 is 34.8 Å². The molecule has 0 aromatic rings. The molecule has 10 atom stereocenters. The quantitative estimate of drug-likeness (QED) is 0.199. The van der Waals surface area contributed by atoms with Crippen LogP contribution in [0.25, 0.3) is 0 Å². The van der Waals surface area contributed by atoms with Crippen LogP contribution in [0.3, 0.4) is 0 Å². The number of aliphatic hydroxyl groups is 8. The van der Waals surface area contributed by atoms with Crippen LogP contribution in [0.15, 0.2) is 0 Å². The zero-order chi connectivity index (χ0) is 20.1. The van der Waals surface area contributed by atoms with E-state index in [4.69, 9.17) is 54.1 Å². The van der Waals surface area contributed by atoms with Crippen LogP contribution in [0.1, 0.15) is 0 Å². The SMILES string of the molecule is OC[C@H]1O[C@@H](O[C@@H]2[C@@H](CO)OC(O)(Cl)[C@@](O)(Cl)[C@]2(O)Cl)[C@H](O)[C@@H](O)[C@H]1O. The van der Waals surface area contributed by atoms with Gasteiger partial charge in [0.25, 0.3) is 10.3 Å². The molecule has 0 aliphatic carbocycles. The number of hydrogen-bond acceptors (Lipinski definition) is 11. The van der Waals surface area contributed by atoms with Gasteiger partial charge in [0.05, 0.1) is 13.2 Å². The molecule has 14 heteroatoms. The Labute approximate surface area is 161 Å². The number of rotatable bonds is 4. The van der Waals surface area contributed by atoms with E-state index in [1.165, 1.54) is 0 Å². The minimum absolute atomic E-state index is 0.762. The summed E-state index contributed by atoms with van der Waals surface area (Å²) in [6.07, 6.45) is -12.2. The highest BCUT2D eigenvalue weighted by molar-refractivity contribution is 6.38. The van der Waals surface area contributed by atoms with Crippen molar-refractivity contribution in [3.8, 4) is 0 Å². The van der Waals surface area contributed by atoms with Gasteiger partial charge in [0.15, 0.2) is 6.29 Å². The van der Waals surface area contributed by atoms with Crippen molar-refractivity contribution in [3.05, 3.63) is 0 Å². The average molecular weight is 446 g/mol. The van der Waals surface area contributed by atoms with Gasteiger partial charge in [0.1, 0.15) is 36.6 Å². The van der Waals surface area contributed by atoms with Gasteiger partial charge in [0.2, 0.25) is 5.06 Å². The molecule has 0 aromatic carbocycles. The molecule has 0 radical (unpaired) electrons. The molecule has 26 heavy (non-hydrogen) atoms. The highest BCUT2D eigenvalue weighted by Gasteiger charge is 2.72. The van der Waals surface area contributed by atoms with Crippen LogP contribution in [-0.2, 0) is 14.2 Å². The Morgan fingerprint density at radius 2 is 1.38 bits per heavy atom. The Balaban J connectivity index is 2.31. The molecule has 2 aliphatic heterocycles. The number of halogens is 3. The van der Waals surface area contributed by atoms with Gasteiger partial charge in [-0.3, -0.25) is 0 Å². The van der Waals surface area contributed by atoms with E-state index in [-0.39, 0.29) is 0 Å². The van der Waals surface area contributed by atoms with Crippen molar-refractivity contribution >= 4 is 34.8 Å². The third-order valence-corrected chi connectivity index (χ3v) is 5.79. The van der Waals surface area contributed by atoms with Crippen molar-refractivity contribution in [1.29, 1.82) is 0 Å². The van der Waals surface area contributed by atoms with Crippen LogP contribution in [0.4, 0.5) is 0 Å². The molecule has 2 fully saturated rings. The lowest BCUT2D eigenvalue weighted by Crippen LogP contribution is -2.75. The van der Waals surface area contributed by atoms with E-state index < -0.39 is 71.5 Å². The Morgan fingerprint density at radius 3 is 1.88 bits per heavy atom. The monoisotopic (exact) mass is 444 g/mol. The lowest BCUT2D eigenvalue weighted by molar-refractivity contribution is -0.379. The third-order valence-electron chi connectivity index (χ3n) is 4.20. The van der Waals surface area contributed by atoms with E-state index in [0.717, 1.165) is 0 Å². The van der Waals surface area contributed by atoms with Crippen LogP contribution in [0.5, 0.6) is 0 Å². The molecule has 154 valence electrons. The molecule has 0 saturated carbocycles. The third kappa shape index (κ3) is 3.55. The second kappa shape index (κ2) is 7.69. The summed E-state index contributed by atoms with van der Waals surface area (Å²) in [6.45, 7) is -1.71. The highest BCUT2D eigenvalue weighted by atomic mass is 35.5. The summed E-state index contributed by atoms with van der Waals surface area (Å²) in [5.74, 6) is 0. The second-order valence-corrected chi connectivity index (χ2v) is 7.59. The van der Waals surface area contributed by atoms with E-state index in [0.29, 0.717) is 0 Å². The average Bonchev–Trinajstić information content (AvgIpc) is 2.56. The Hall–Kier alpha value is 0.430. The van der Waals surface area contributed by atoms with Crippen LogP contribution in [0, 0.1) is 0 Å². The topological polar surface area (TPSA) is 190 Å². The summed E-state index contributed by atoms with van der Waals surface area (Å²) >= 11 is 16.9. The molecule has 8 N–H and O–H groups in total. The van der Waals surface area contributed by atoms with Gasteiger partial charge >= 0.3 is 0 Å². The maximum absolute atomic E-state index is 10.4. The fraction of sp³-hybridized carbons (Fsp3) is 1.00. The first-order valence-corrected chi connectivity index (χ1v) is 8.43. The molecule has 0 spiro atoms. The van der Waals surface area contributed by atoms with Gasteiger partial charge in [-0.2, -0.15) is 0 Å². The van der Waals surface area contributed by atoms with Crippen molar-refractivity contribution in [2.75, 3.05) is 13.2 Å². The molecule has 11 nitrogen and oxygen atoms in total. The number of hydrogen-bond donors (Lipinski definition) is 8. The zero-order valence-electron chi connectivity index (χ0n) is 12.9. The van der Waals surface area contributed by atoms with Crippen molar-refractivity contribution in [1.82, 2.24) is 0 Å². The molecule has 2 saturated heterocycles. The molecule has 2 rings (SSSR count). The fourth-order valence-electron chi connectivity index (χ4n) is 2.63. The summed E-state index contributed by atoms with van der Waals surface area (Å²) in [5, 5.41) is 68.8. The predicted octanol–water partition coefficient (Wildman–Crippen LogP) is -3.70. The first-order valence-electron chi connectivity index (χ1n) is 7.30. The van der Waals surface area contributed by atoms with E-state index in [9.17, 15) is 35.7 Å². The first kappa shape index (κ1) is 22.7. The summed E-state index contributed by atoms with van der Waals surface area (Å²) in [6, 6.07) is 0. The second-order valence-electron chi connectivity index (χ2n) is 5.95. The maximum atomic E-state index is 10.4. The number of ether oxygens (including phenoxy) is 3. The van der Waals surface area contributed by atoms with Crippen LogP contribution in [-0.4, -0.2) is 112 Å². The fourth-order valence-corrected chi connectivity index (χ4v) is 3.41. The van der Waals surface area contributed by atoms with Crippen molar-refractivity contribution in [3.63, 3.8) is 0 Å². The van der Waals surface area contributed by atoms with Crippen LogP contribution in [0.2, 0.25) is 0 Å². The lowest BCUT2D eigenvalue weighted by Gasteiger charge is -2.53. The lowest BCUT2D eigenvalue weighted by atomic mass is 9.96. The number of alkyl halides is 3. The molecule has 0 amide bonds. The predicted molar refractivity (Wildman–Crippen MR) is 83.0 cm³/mol. The van der Waals surface area contributed by atoms with Crippen LogP contribution < -0.4 is 0 Å². The van der Waals surface area contributed by atoms with Gasteiger partial charge in [0, 0.05) is 0 Å². The highest BCUT2D eigenvalue weighted by Crippen LogP contribution is 2.51. The minimum Gasteiger partial charge on any atom is -0.394 e. The normalized spacial score (nSPS) is 55.7. The van der Waals surface area contributed by atoms with Gasteiger partial charge in [-0.25, -0.2) is 0 Å². The molecular formula is C12H19Cl3O11. The maximum Gasteiger partial charge on any atom is 0.295 e. The molecule has 2 aliphatic rings. The molecule has 0 bridgehead atoms. The molecule has 1 unspecified atom stereocenters. The summed E-state index contributed by atoms with van der Waals surface area (Å²) < 4.78 is 15.1. The number of aliphatic hydroxyl groups excluding tert-OH is 5. The largest absolute Gasteiger partial charge is 0.394 e. The van der Waals surface area contributed by atoms with E-state index in [2.05, 4.69) is 0 Å². The summed E-state index contributed by atoms with van der Waals surface area (Å²) in [4.78, 5) is 0. The Morgan fingerprint density at radius 1 is 0.846 bits per heavy atom.